The SMILES string of the molecule is O=C(c1cc(F)cc(C(F)(F)F)c1)C1CNc2ncc(-c3ccccc3)cc21. The highest BCUT2D eigenvalue weighted by atomic mass is 19.4. The van der Waals surface area contributed by atoms with Gasteiger partial charge in [-0.3, -0.25) is 4.79 Å². The molecule has 0 aliphatic carbocycles. The fourth-order valence-electron chi connectivity index (χ4n) is 3.32. The van der Waals surface area contributed by atoms with Crippen molar-refractivity contribution in [1.82, 2.24) is 4.98 Å². The summed E-state index contributed by atoms with van der Waals surface area (Å²) in [6, 6.07) is 13.1. The second-order valence-electron chi connectivity index (χ2n) is 6.55. The molecule has 3 nitrogen and oxygen atoms in total. The van der Waals surface area contributed by atoms with Gasteiger partial charge in [-0.15, -0.1) is 0 Å². The summed E-state index contributed by atoms with van der Waals surface area (Å²) in [4.78, 5) is 17.2. The van der Waals surface area contributed by atoms with Gasteiger partial charge < -0.3 is 5.32 Å². The number of hydrogen-bond donors (Lipinski definition) is 1. The standard InChI is InChI=1S/C21H14F4N2O/c22-16-7-13(6-15(9-16)21(23,24)25)19(28)18-11-27-20-17(18)8-14(10-26-20)12-4-2-1-3-5-12/h1-10,18H,11H2,(H,26,27). The Morgan fingerprint density at radius 2 is 1.79 bits per heavy atom. The van der Waals surface area contributed by atoms with Crippen LogP contribution in [0.5, 0.6) is 0 Å². The van der Waals surface area contributed by atoms with Gasteiger partial charge in [-0.05, 0) is 29.8 Å². The lowest BCUT2D eigenvalue weighted by Crippen LogP contribution is -2.16. The van der Waals surface area contributed by atoms with E-state index >= 15 is 0 Å². The zero-order valence-electron chi connectivity index (χ0n) is 14.4. The number of halogens is 4. The van der Waals surface area contributed by atoms with E-state index in [1.165, 1.54) is 0 Å². The lowest BCUT2D eigenvalue weighted by Gasteiger charge is -2.13. The molecule has 28 heavy (non-hydrogen) atoms. The fourth-order valence-corrected chi connectivity index (χ4v) is 3.32. The smallest absolute Gasteiger partial charge is 0.369 e. The predicted molar refractivity (Wildman–Crippen MR) is 96.6 cm³/mol. The van der Waals surface area contributed by atoms with Gasteiger partial charge in [-0.25, -0.2) is 9.37 Å². The molecule has 4 rings (SSSR count). The van der Waals surface area contributed by atoms with E-state index in [9.17, 15) is 22.4 Å². The molecule has 1 N–H and O–H groups in total. The number of anilines is 1. The third kappa shape index (κ3) is 3.35. The van der Waals surface area contributed by atoms with Crippen LogP contribution in [-0.4, -0.2) is 17.3 Å². The molecular weight excluding hydrogens is 372 g/mol. The number of carbonyl (C=O) groups excluding carboxylic acids is 1. The van der Waals surface area contributed by atoms with Crippen LogP contribution in [0.3, 0.4) is 0 Å². The average Bonchev–Trinajstić information content (AvgIpc) is 3.10. The number of aromatic nitrogens is 1. The normalized spacial score (nSPS) is 15.8. The molecule has 0 radical (unpaired) electrons. The van der Waals surface area contributed by atoms with Crippen LogP contribution in [0.4, 0.5) is 23.4 Å². The van der Waals surface area contributed by atoms with Gasteiger partial charge in [-0.1, -0.05) is 30.3 Å². The van der Waals surface area contributed by atoms with Crippen LogP contribution >= 0.6 is 0 Å². The molecule has 0 bridgehead atoms. The monoisotopic (exact) mass is 386 g/mol. The van der Waals surface area contributed by atoms with Crippen molar-refractivity contribution < 1.29 is 22.4 Å². The van der Waals surface area contributed by atoms with Crippen molar-refractivity contribution in [2.75, 3.05) is 11.9 Å². The van der Waals surface area contributed by atoms with Crippen LogP contribution in [-0.2, 0) is 6.18 Å². The first-order chi connectivity index (χ1) is 13.3. The van der Waals surface area contributed by atoms with Crippen LogP contribution < -0.4 is 5.32 Å². The zero-order valence-corrected chi connectivity index (χ0v) is 14.4. The van der Waals surface area contributed by atoms with E-state index in [0.29, 0.717) is 23.5 Å². The highest BCUT2D eigenvalue weighted by molar-refractivity contribution is 6.03. The molecule has 1 aromatic heterocycles. The second-order valence-corrected chi connectivity index (χ2v) is 6.55. The molecule has 1 atom stereocenters. The van der Waals surface area contributed by atoms with Gasteiger partial charge in [-0.2, -0.15) is 13.2 Å². The Labute approximate surface area is 158 Å². The van der Waals surface area contributed by atoms with E-state index in [-0.39, 0.29) is 12.1 Å². The minimum atomic E-state index is -4.73. The maximum atomic E-state index is 13.7. The van der Waals surface area contributed by atoms with E-state index in [0.717, 1.165) is 17.2 Å². The molecule has 142 valence electrons. The third-order valence-corrected chi connectivity index (χ3v) is 4.70. The molecule has 7 heteroatoms. The van der Waals surface area contributed by atoms with Crippen molar-refractivity contribution in [3.8, 4) is 11.1 Å². The van der Waals surface area contributed by atoms with E-state index in [4.69, 9.17) is 0 Å². The lowest BCUT2D eigenvalue weighted by molar-refractivity contribution is -0.137. The van der Waals surface area contributed by atoms with Crippen molar-refractivity contribution in [3.05, 3.63) is 83.3 Å². The molecule has 1 aliphatic rings. The summed E-state index contributed by atoms with van der Waals surface area (Å²) in [6.45, 7) is 0.192. The third-order valence-electron chi connectivity index (χ3n) is 4.70. The summed E-state index contributed by atoms with van der Waals surface area (Å²) in [5.41, 5.74) is 0.788. The number of nitrogens with zero attached hydrogens (tertiary/aromatic N) is 1. The number of ketones is 1. The topological polar surface area (TPSA) is 42.0 Å². The van der Waals surface area contributed by atoms with Crippen LogP contribution in [0.25, 0.3) is 11.1 Å². The van der Waals surface area contributed by atoms with E-state index in [1.807, 2.05) is 30.3 Å². The molecule has 0 saturated carbocycles. The minimum absolute atomic E-state index is 0.192. The summed E-state index contributed by atoms with van der Waals surface area (Å²) in [6.07, 6.45) is -3.07. The number of benzene rings is 2. The van der Waals surface area contributed by atoms with E-state index in [2.05, 4.69) is 10.3 Å². The quantitative estimate of drug-likeness (QED) is 0.491. The number of pyridine rings is 1. The molecular formula is C21H14F4N2O. The molecule has 3 aromatic rings. The van der Waals surface area contributed by atoms with Crippen molar-refractivity contribution in [1.29, 1.82) is 0 Å². The van der Waals surface area contributed by atoms with E-state index < -0.39 is 29.3 Å². The van der Waals surface area contributed by atoms with Gasteiger partial charge in [0.25, 0.3) is 0 Å². The first-order valence-corrected chi connectivity index (χ1v) is 8.54. The lowest BCUT2D eigenvalue weighted by atomic mass is 9.91. The van der Waals surface area contributed by atoms with Gasteiger partial charge in [0.2, 0.25) is 0 Å². The van der Waals surface area contributed by atoms with Crippen LogP contribution in [0, 0.1) is 5.82 Å². The fraction of sp³-hybridized carbons (Fsp3) is 0.143. The molecule has 2 heterocycles. The van der Waals surface area contributed by atoms with Crippen LogP contribution in [0.2, 0.25) is 0 Å². The Morgan fingerprint density at radius 1 is 1.04 bits per heavy atom. The average molecular weight is 386 g/mol. The van der Waals surface area contributed by atoms with Gasteiger partial charge in [0, 0.05) is 29.4 Å². The number of fused-ring (bicyclic) bond motifs is 1. The van der Waals surface area contributed by atoms with Crippen molar-refractivity contribution in [2.45, 2.75) is 12.1 Å². The van der Waals surface area contributed by atoms with Crippen LogP contribution in [0.15, 0.2) is 60.8 Å². The van der Waals surface area contributed by atoms with Gasteiger partial charge in [0.15, 0.2) is 5.78 Å². The Morgan fingerprint density at radius 3 is 2.50 bits per heavy atom. The summed E-state index contributed by atoms with van der Waals surface area (Å²) < 4.78 is 52.6. The number of rotatable bonds is 3. The number of Topliss-reactive ketones (excluding diaryl/α,β-unsaturated/α-hetero) is 1. The number of alkyl halides is 3. The zero-order chi connectivity index (χ0) is 19.9. The Bertz CT molecular complexity index is 1050. The highest BCUT2D eigenvalue weighted by Gasteiger charge is 2.35. The maximum absolute atomic E-state index is 13.7. The van der Waals surface area contributed by atoms with Gasteiger partial charge in [0.05, 0.1) is 11.5 Å². The van der Waals surface area contributed by atoms with E-state index in [1.54, 1.807) is 12.3 Å². The molecule has 1 aliphatic heterocycles. The molecule has 0 amide bonds. The van der Waals surface area contributed by atoms with Crippen molar-refractivity contribution in [2.24, 2.45) is 0 Å². The predicted octanol–water partition coefficient (Wildman–Crippen LogP) is 5.30. The first kappa shape index (κ1) is 18.2. The summed E-state index contributed by atoms with van der Waals surface area (Å²) >= 11 is 0. The van der Waals surface area contributed by atoms with Gasteiger partial charge in [0.1, 0.15) is 11.6 Å². The summed E-state index contributed by atoms with van der Waals surface area (Å²) in [7, 11) is 0. The first-order valence-electron chi connectivity index (χ1n) is 8.54. The largest absolute Gasteiger partial charge is 0.416 e. The number of nitrogens with one attached hydrogen (secondary N) is 1. The maximum Gasteiger partial charge on any atom is 0.416 e. The van der Waals surface area contributed by atoms with Gasteiger partial charge >= 0.3 is 6.18 Å². The second kappa shape index (κ2) is 6.74. The molecule has 0 spiro atoms. The summed E-state index contributed by atoms with van der Waals surface area (Å²) in [5.74, 6) is -1.91. The van der Waals surface area contributed by atoms with Crippen molar-refractivity contribution >= 4 is 11.6 Å². The molecule has 0 saturated heterocycles. The van der Waals surface area contributed by atoms with Crippen LogP contribution in [0.1, 0.15) is 27.4 Å². The Balaban J connectivity index is 1.71. The minimum Gasteiger partial charge on any atom is -0.369 e. The number of hydrogen-bond acceptors (Lipinski definition) is 3. The highest BCUT2D eigenvalue weighted by Crippen LogP contribution is 2.36. The molecule has 2 aromatic carbocycles. The molecule has 0 fully saturated rings. The van der Waals surface area contributed by atoms with Crippen molar-refractivity contribution in [3.63, 3.8) is 0 Å². The Kier molecular flexibility index (Phi) is 4.37. The Hall–Kier alpha value is -3.22. The summed E-state index contributed by atoms with van der Waals surface area (Å²) in [5, 5.41) is 2.99. The number of carbonyl (C=O) groups is 1. The molecule has 1 unspecified atom stereocenters.